The molecule has 2 rings (SSSR count). The van der Waals surface area contributed by atoms with Crippen molar-refractivity contribution in [1.29, 1.82) is 0 Å². The molecule has 2 aromatic rings. The number of aromatic nitrogens is 2. The van der Waals surface area contributed by atoms with E-state index in [2.05, 4.69) is 4.98 Å². The molecule has 0 fully saturated rings. The van der Waals surface area contributed by atoms with Crippen molar-refractivity contribution in [2.24, 2.45) is 0 Å². The second-order valence-corrected chi connectivity index (χ2v) is 3.84. The van der Waals surface area contributed by atoms with Gasteiger partial charge in [-0.15, -0.1) is 0 Å². The average Bonchev–Trinajstić information content (AvgIpc) is 2.33. The zero-order valence-electron chi connectivity index (χ0n) is 9.46. The molecule has 0 atom stereocenters. The number of hydrogen-bond acceptors (Lipinski definition) is 3. The molecule has 0 N–H and O–H groups in total. The van der Waals surface area contributed by atoms with Crippen LogP contribution in [-0.2, 0) is 6.54 Å². The molecule has 0 radical (unpaired) electrons. The molecule has 17 heavy (non-hydrogen) atoms. The molecule has 86 valence electrons. The molecular weight excluding hydrogens is 216 g/mol. The minimum absolute atomic E-state index is 0.0235. The fraction of sp³-hybridized carbons (Fsp3) is 0.154. The number of aryl methyl sites for hydroxylation is 1. The van der Waals surface area contributed by atoms with E-state index in [1.165, 1.54) is 23.2 Å². The first-order chi connectivity index (χ1) is 8.16. The topological polar surface area (TPSA) is 52.0 Å². The number of ketones is 1. The summed E-state index contributed by atoms with van der Waals surface area (Å²) in [6.45, 7) is 1.98. The van der Waals surface area contributed by atoms with Crippen LogP contribution in [0.5, 0.6) is 0 Å². The van der Waals surface area contributed by atoms with E-state index in [0.29, 0.717) is 5.56 Å². The Hall–Kier alpha value is -2.23. The molecule has 0 spiro atoms. The molecular formula is C13H12N2O2. The van der Waals surface area contributed by atoms with Crippen LogP contribution in [0.4, 0.5) is 0 Å². The summed E-state index contributed by atoms with van der Waals surface area (Å²) in [5, 5.41) is 0. The van der Waals surface area contributed by atoms with Crippen LogP contribution < -0.4 is 5.56 Å². The molecule has 0 aliphatic carbocycles. The lowest BCUT2D eigenvalue weighted by molar-refractivity contribution is 0.0970. The third-order valence-electron chi connectivity index (χ3n) is 2.48. The van der Waals surface area contributed by atoms with Gasteiger partial charge >= 0.3 is 0 Å². The Kier molecular flexibility index (Phi) is 3.14. The molecule has 0 amide bonds. The van der Waals surface area contributed by atoms with Crippen molar-refractivity contribution in [1.82, 2.24) is 9.55 Å². The molecule has 0 saturated heterocycles. The Morgan fingerprint density at radius 3 is 2.59 bits per heavy atom. The smallest absolute Gasteiger partial charge is 0.253 e. The summed E-state index contributed by atoms with van der Waals surface area (Å²) in [5.74, 6) is -0.0971. The minimum atomic E-state index is -0.222. The number of benzene rings is 1. The summed E-state index contributed by atoms with van der Waals surface area (Å²) in [6.07, 6.45) is 2.78. The quantitative estimate of drug-likeness (QED) is 0.747. The summed E-state index contributed by atoms with van der Waals surface area (Å²) in [4.78, 5) is 27.1. The van der Waals surface area contributed by atoms with Crippen LogP contribution in [0.1, 0.15) is 15.9 Å². The summed E-state index contributed by atoms with van der Waals surface area (Å²) in [6, 6.07) is 8.61. The SMILES string of the molecule is Cc1ccc(C(=O)Cn2cnccc2=O)cc1. The van der Waals surface area contributed by atoms with E-state index in [0.717, 1.165) is 5.56 Å². The lowest BCUT2D eigenvalue weighted by Gasteiger charge is -2.04. The highest BCUT2D eigenvalue weighted by molar-refractivity contribution is 5.95. The normalized spacial score (nSPS) is 10.2. The van der Waals surface area contributed by atoms with Gasteiger partial charge in [0.05, 0.1) is 12.9 Å². The summed E-state index contributed by atoms with van der Waals surface area (Å²) in [7, 11) is 0. The highest BCUT2D eigenvalue weighted by atomic mass is 16.1. The molecule has 0 saturated carbocycles. The number of nitrogens with zero attached hydrogens (tertiary/aromatic N) is 2. The second kappa shape index (κ2) is 4.74. The van der Waals surface area contributed by atoms with Gasteiger partial charge in [0.25, 0.3) is 5.56 Å². The molecule has 1 aromatic carbocycles. The van der Waals surface area contributed by atoms with Gasteiger partial charge in [-0.2, -0.15) is 0 Å². The predicted octanol–water partition coefficient (Wildman–Crippen LogP) is 1.43. The maximum Gasteiger partial charge on any atom is 0.253 e. The Bertz CT molecular complexity index is 585. The molecule has 4 heteroatoms. The van der Waals surface area contributed by atoms with Gasteiger partial charge in [-0.25, -0.2) is 4.98 Å². The maximum absolute atomic E-state index is 11.9. The van der Waals surface area contributed by atoms with E-state index in [1.54, 1.807) is 12.1 Å². The fourth-order valence-electron chi connectivity index (χ4n) is 1.48. The predicted molar refractivity (Wildman–Crippen MR) is 64.0 cm³/mol. The first-order valence-corrected chi connectivity index (χ1v) is 5.27. The van der Waals surface area contributed by atoms with Crippen LogP contribution in [0.3, 0.4) is 0 Å². The van der Waals surface area contributed by atoms with Gasteiger partial charge < -0.3 is 0 Å². The molecule has 4 nitrogen and oxygen atoms in total. The van der Waals surface area contributed by atoms with Gasteiger partial charge in [0.2, 0.25) is 0 Å². The lowest BCUT2D eigenvalue weighted by Crippen LogP contribution is -2.23. The lowest BCUT2D eigenvalue weighted by atomic mass is 10.1. The van der Waals surface area contributed by atoms with Gasteiger partial charge in [-0.1, -0.05) is 29.8 Å². The first-order valence-electron chi connectivity index (χ1n) is 5.27. The van der Waals surface area contributed by atoms with Crippen molar-refractivity contribution in [2.45, 2.75) is 13.5 Å². The van der Waals surface area contributed by atoms with Crippen molar-refractivity contribution in [3.8, 4) is 0 Å². The highest BCUT2D eigenvalue weighted by Gasteiger charge is 2.07. The fourth-order valence-corrected chi connectivity index (χ4v) is 1.48. The monoisotopic (exact) mass is 228 g/mol. The van der Waals surface area contributed by atoms with Crippen LogP contribution in [0.15, 0.2) is 47.7 Å². The molecule has 0 aliphatic rings. The number of carbonyl (C=O) groups excluding carboxylic acids is 1. The van der Waals surface area contributed by atoms with Crippen LogP contribution >= 0.6 is 0 Å². The molecule has 1 heterocycles. The number of hydrogen-bond donors (Lipinski definition) is 0. The summed E-state index contributed by atoms with van der Waals surface area (Å²) in [5.41, 5.74) is 1.48. The van der Waals surface area contributed by atoms with Gasteiger partial charge in [0.15, 0.2) is 5.78 Å². The number of rotatable bonds is 3. The molecule has 0 aliphatic heterocycles. The Morgan fingerprint density at radius 1 is 1.24 bits per heavy atom. The zero-order valence-corrected chi connectivity index (χ0v) is 9.46. The Morgan fingerprint density at radius 2 is 1.94 bits per heavy atom. The second-order valence-electron chi connectivity index (χ2n) is 3.84. The highest BCUT2D eigenvalue weighted by Crippen LogP contribution is 2.04. The third kappa shape index (κ3) is 2.66. The van der Waals surface area contributed by atoms with Gasteiger partial charge in [0.1, 0.15) is 0 Å². The van der Waals surface area contributed by atoms with Crippen molar-refractivity contribution in [2.75, 3.05) is 0 Å². The third-order valence-corrected chi connectivity index (χ3v) is 2.48. The molecule has 0 unspecified atom stereocenters. The first kappa shape index (κ1) is 11.3. The van der Waals surface area contributed by atoms with E-state index < -0.39 is 0 Å². The largest absolute Gasteiger partial charge is 0.292 e. The summed E-state index contributed by atoms with van der Waals surface area (Å²) < 4.78 is 1.29. The van der Waals surface area contributed by atoms with E-state index in [9.17, 15) is 9.59 Å². The number of Topliss-reactive ketones (excluding diaryl/α,β-unsaturated/α-hetero) is 1. The van der Waals surface area contributed by atoms with Gasteiger partial charge in [-0.3, -0.25) is 14.2 Å². The van der Waals surface area contributed by atoms with Gasteiger partial charge in [0, 0.05) is 17.8 Å². The van der Waals surface area contributed by atoms with Crippen molar-refractivity contribution in [3.63, 3.8) is 0 Å². The van der Waals surface area contributed by atoms with E-state index in [1.807, 2.05) is 19.1 Å². The molecule has 0 bridgehead atoms. The van der Waals surface area contributed by atoms with E-state index >= 15 is 0 Å². The number of carbonyl (C=O) groups is 1. The van der Waals surface area contributed by atoms with Gasteiger partial charge in [-0.05, 0) is 6.92 Å². The van der Waals surface area contributed by atoms with Crippen molar-refractivity contribution < 1.29 is 4.79 Å². The van der Waals surface area contributed by atoms with Crippen molar-refractivity contribution >= 4 is 5.78 Å². The standard InChI is InChI=1S/C13H12N2O2/c1-10-2-4-11(5-3-10)12(16)8-15-9-14-7-6-13(15)17/h2-7,9H,8H2,1H3. The van der Waals surface area contributed by atoms with Crippen molar-refractivity contribution in [3.05, 3.63) is 64.3 Å². The minimum Gasteiger partial charge on any atom is -0.292 e. The Balaban J connectivity index is 2.20. The van der Waals surface area contributed by atoms with E-state index in [4.69, 9.17) is 0 Å². The Labute approximate surface area is 98.6 Å². The van der Waals surface area contributed by atoms with Crippen LogP contribution in [0, 0.1) is 6.92 Å². The average molecular weight is 228 g/mol. The van der Waals surface area contributed by atoms with Crippen LogP contribution in [-0.4, -0.2) is 15.3 Å². The van der Waals surface area contributed by atoms with Crippen LogP contribution in [0.2, 0.25) is 0 Å². The summed E-state index contributed by atoms with van der Waals surface area (Å²) >= 11 is 0. The zero-order chi connectivity index (χ0) is 12.3. The van der Waals surface area contributed by atoms with E-state index in [-0.39, 0.29) is 17.9 Å². The maximum atomic E-state index is 11.9. The molecule has 1 aromatic heterocycles. The van der Waals surface area contributed by atoms with Crippen LogP contribution in [0.25, 0.3) is 0 Å².